The largest absolute Gasteiger partial charge is 0.451 e. The molecule has 172 valence electrons. The van der Waals surface area contributed by atoms with Crippen molar-refractivity contribution in [3.05, 3.63) is 71.4 Å². The van der Waals surface area contributed by atoms with E-state index in [0.717, 1.165) is 37.4 Å². The number of furan rings is 1. The van der Waals surface area contributed by atoms with E-state index in [-0.39, 0.29) is 17.6 Å². The average molecular weight is 466 g/mol. The lowest BCUT2D eigenvalue weighted by Crippen LogP contribution is -2.49. The Labute approximate surface area is 199 Å². The van der Waals surface area contributed by atoms with Crippen LogP contribution in [0.4, 0.5) is 11.4 Å². The van der Waals surface area contributed by atoms with Gasteiger partial charge in [-0.15, -0.1) is 0 Å². The Morgan fingerprint density at radius 2 is 1.73 bits per heavy atom. The van der Waals surface area contributed by atoms with E-state index < -0.39 is 0 Å². The fourth-order valence-corrected chi connectivity index (χ4v) is 4.09. The molecule has 0 atom stereocenters. The number of anilines is 2. The molecule has 33 heavy (non-hydrogen) atoms. The van der Waals surface area contributed by atoms with Crippen molar-refractivity contribution >= 4 is 34.8 Å². The summed E-state index contributed by atoms with van der Waals surface area (Å²) in [4.78, 5) is 29.1. The van der Waals surface area contributed by atoms with Crippen LogP contribution in [0.3, 0.4) is 0 Å². The van der Waals surface area contributed by atoms with Gasteiger partial charge in [0.15, 0.2) is 5.76 Å². The maximum absolute atomic E-state index is 12.6. The molecule has 4 rings (SSSR count). The molecule has 0 bridgehead atoms. The van der Waals surface area contributed by atoms with E-state index in [9.17, 15) is 9.59 Å². The van der Waals surface area contributed by atoms with Gasteiger partial charge in [0.25, 0.3) is 5.91 Å². The molecule has 7 heteroatoms. The molecule has 3 aromatic rings. The Morgan fingerprint density at radius 1 is 1.00 bits per heavy atom. The van der Waals surface area contributed by atoms with Crippen molar-refractivity contribution in [2.24, 2.45) is 5.92 Å². The first-order valence-electron chi connectivity index (χ1n) is 11.2. The van der Waals surface area contributed by atoms with E-state index in [1.807, 2.05) is 41.3 Å². The zero-order valence-electron chi connectivity index (χ0n) is 18.9. The number of hydrogen-bond donors (Lipinski definition) is 1. The second-order valence-corrected chi connectivity index (χ2v) is 9.08. The van der Waals surface area contributed by atoms with Gasteiger partial charge in [0.05, 0.1) is 0 Å². The van der Waals surface area contributed by atoms with Crippen molar-refractivity contribution in [3.63, 3.8) is 0 Å². The molecular formula is C26H28ClN3O3. The van der Waals surface area contributed by atoms with Gasteiger partial charge in [0.1, 0.15) is 5.76 Å². The normalized spacial score (nSPS) is 13.9. The summed E-state index contributed by atoms with van der Waals surface area (Å²) in [7, 11) is 0. The standard InChI is InChI=1S/C26H28ClN3O3/c1-18(2)16-25(31)30-14-12-29(13-15-30)22-8-6-21(7-9-22)28-26(32)24-11-10-23(33-24)19-4-3-5-20(27)17-19/h3-11,17-18H,12-16H2,1-2H3,(H,28,32). The predicted octanol–water partition coefficient (Wildman–Crippen LogP) is 5.55. The highest BCUT2D eigenvalue weighted by Gasteiger charge is 2.22. The molecular weight excluding hydrogens is 438 g/mol. The number of amides is 2. The monoisotopic (exact) mass is 465 g/mol. The van der Waals surface area contributed by atoms with E-state index in [4.69, 9.17) is 16.0 Å². The Balaban J connectivity index is 1.33. The van der Waals surface area contributed by atoms with E-state index >= 15 is 0 Å². The van der Waals surface area contributed by atoms with E-state index in [2.05, 4.69) is 24.1 Å². The van der Waals surface area contributed by atoms with Crippen molar-refractivity contribution in [3.8, 4) is 11.3 Å². The first-order valence-corrected chi connectivity index (χ1v) is 11.6. The number of piperazine rings is 1. The number of nitrogens with zero attached hydrogens (tertiary/aromatic N) is 2. The van der Waals surface area contributed by atoms with Crippen LogP contribution >= 0.6 is 11.6 Å². The van der Waals surface area contributed by atoms with Gasteiger partial charge >= 0.3 is 0 Å². The van der Waals surface area contributed by atoms with Crippen LogP contribution in [0.15, 0.2) is 65.1 Å². The van der Waals surface area contributed by atoms with Crippen LogP contribution < -0.4 is 10.2 Å². The predicted molar refractivity (Wildman–Crippen MR) is 132 cm³/mol. The van der Waals surface area contributed by atoms with Gasteiger partial charge in [0, 0.05) is 54.6 Å². The topological polar surface area (TPSA) is 65.8 Å². The average Bonchev–Trinajstić information content (AvgIpc) is 3.30. The molecule has 2 amide bonds. The summed E-state index contributed by atoms with van der Waals surface area (Å²) in [6.07, 6.45) is 0.602. The summed E-state index contributed by atoms with van der Waals surface area (Å²) < 4.78 is 5.72. The van der Waals surface area contributed by atoms with Gasteiger partial charge in [-0.2, -0.15) is 0 Å². The van der Waals surface area contributed by atoms with Crippen molar-refractivity contribution in [1.82, 2.24) is 4.90 Å². The highest BCUT2D eigenvalue weighted by Crippen LogP contribution is 2.26. The van der Waals surface area contributed by atoms with Crippen LogP contribution in [0.25, 0.3) is 11.3 Å². The van der Waals surface area contributed by atoms with Crippen molar-refractivity contribution in [2.45, 2.75) is 20.3 Å². The Hall–Kier alpha value is -3.25. The Kier molecular flexibility index (Phi) is 7.04. The number of hydrogen-bond acceptors (Lipinski definition) is 4. The SMILES string of the molecule is CC(C)CC(=O)N1CCN(c2ccc(NC(=O)c3ccc(-c4cccc(Cl)c4)o3)cc2)CC1. The minimum absolute atomic E-state index is 0.233. The molecule has 1 N–H and O–H groups in total. The van der Waals surface area contributed by atoms with Gasteiger partial charge in [-0.25, -0.2) is 0 Å². The lowest BCUT2D eigenvalue weighted by molar-refractivity contribution is -0.132. The summed E-state index contributed by atoms with van der Waals surface area (Å²) in [6.45, 7) is 7.20. The number of benzene rings is 2. The van der Waals surface area contributed by atoms with Crippen LogP contribution in [-0.2, 0) is 4.79 Å². The van der Waals surface area contributed by atoms with Gasteiger partial charge in [-0.1, -0.05) is 37.6 Å². The summed E-state index contributed by atoms with van der Waals surface area (Å²) in [5.41, 5.74) is 2.58. The third-order valence-corrected chi connectivity index (χ3v) is 5.88. The van der Waals surface area contributed by atoms with Crippen LogP contribution in [0.2, 0.25) is 5.02 Å². The molecule has 1 aromatic heterocycles. The number of nitrogens with one attached hydrogen (secondary N) is 1. The van der Waals surface area contributed by atoms with E-state index in [1.54, 1.807) is 24.3 Å². The lowest BCUT2D eigenvalue weighted by atomic mass is 10.1. The minimum atomic E-state index is -0.312. The highest BCUT2D eigenvalue weighted by atomic mass is 35.5. The maximum atomic E-state index is 12.6. The fourth-order valence-electron chi connectivity index (χ4n) is 3.90. The third kappa shape index (κ3) is 5.76. The third-order valence-electron chi connectivity index (χ3n) is 5.64. The number of halogens is 1. The molecule has 1 aliphatic rings. The van der Waals surface area contributed by atoms with Crippen LogP contribution in [0.5, 0.6) is 0 Å². The van der Waals surface area contributed by atoms with Gasteiger partial charge in [-0.3, -0.25) is 9.59 Å². The molecule has 0 aliphatic carbocycles. The van der Waals surface area contributed by atoms with Crippen molar-refractivity contribution in [1.29, 1.82) is 0 Å². The van der Waals surface area contributed by atoms with E-state index in [0.29, 0.717) is 28.8 Å². The maximum Gasteiger partial charge on any atom is 0.291 e. The summed E-state index contributed by atoms with van der Waals surface area (Å²) in [5.74, 6) is 1.12. The Morgan fingerprint density at radius 3 is 2.39 bits per heavy atom. The van der Waals surface area contributed by atoms with Crippen LogP contribution in [0.1, 0.15) is 30.8 Å². The molecule has 0 spiro atoms. The first-order chi connectivity index (χ1) is 15.9. The first kappa shape index (κ1) is 22.9. The smallest absolute Gasteiger partial charge is 0.291 e. The van der Waals surface area contributed by atoms with Crippen LogP contribution in [-0.4, -0.2) is 42.9 Å². The molecule has 2 aromatic carbocycles. The molecule has 0 radical (unpaired) electrons. The second-order valence-electron chi connectivity index (χ2n) is 8.64. The Bertz CT molecular complexity index is 1120. The quantitative estimate of drug-likeness (QED) is 0.518. The zero-order valence-corrected chi connectivity index (χ0v) is 19.6. The molecule has 1 aliphatic heterocycles. The highest BCUT2D eigenvalue weighted by molar-refractivity contribution is 6.30. The van der Waals surface area contributed by atoms with E-state index in [1.165, 1.54) is 0 Å². The summed E-state index contributed by atoms with van der Waals surface area (Å²) in [5, 5.41) is 3.48. The number of carbonyl (C=O) groups excluding carboxylic acids is 2. The molecule has 6 nitrogen and oxygen atoms in total. The van der Waals surface area contributed by atoms with Crippen molar-refractivity contribution < 1.29 is 14.0 Å². The van der Waals surface area contributed by atoms with Gasteiger partial charge in [-0.05, 0) is 54.4 Å². The van der Waals surface area contributed by atoms with Crippen molar-refractivity contribution in [2.75, 3.05) is 36.4 Å². The summed E-state index contributed by atoms with van der Waals surface area (Å²) in [6, 6.07) is 18.4. The summed E-state index contributed by atoms with van der Waals surface area (Å²) >= 11 is 6.04. The molecule has 0 saturated carbocycles. The minimum Gasteiger partial charge on any atom is -0.451 e. The molecule has 2 heterocycles. The second kappa shape index (κ2) is 10.1. The van der Waals surface area contributed by atoms with Gasteiger partial charge in [0.2, 0.25) is 5.91 Å². The fraction of sp³-hybridized carbons (Fsp3) is 0.308. The molecule has 0 unspecified atom stereocenters. The molecule has 1 saturated heterocycles. The molecule has 1 fully saturated rings. The van der Waals surface area contributed by atoms with Crippen LogP contribution in [0, 0.1) is 5.92 Å². The lowest BCUT2D eigenvalue weighted by Gasteiger charge is -2.36. The number of carbonyl (C=O) groups is 2. The number of rotatable bonds is 6. The zero-order chi connectivity index (χ0) is 23.4. The van der Waals surface area contributed by atoms with Gasteiger partial charge < -0.3 is 19.5 Å².